The molecule has 0 aliphatic carbocycles. The molecule has 0 bridgehead atoms. The van der Waals surface area contributed by atoms with Crippen LogP contribution in [-0.2, 0) is 4.74 Å². The van der Waals surface area contributed by atoms with E-state index in [1.54, 1.807) is 11.4 Å². The summed E-state index contributed by atoms with van der Waals surface area (Å²) < 4.78 is 7.78. The van der Waals surface area contributed by atoms with Crippen LogP contribution in [-0.4, -0.2) is 22.2 Å². The van der Waals surface area contributed by atoms with Gasteiger partial charge in [0.15, 0.2) is 0 Å². The van der Waals surface area contributed by atoms with Gasteiger partial charge in [-0.05, 0) is 48.6 Å². The van der Waals surface area contributed by atoms with Gasteiger partial charge in [-0.3, -0.25) is 0 Å². The molecule has 0 amide bonds. The Kier molecular flexibility index (Phi) is 3.13. The van der Waals surface area contributed by atoms with Gasteiger partial charge in [0.1, 0.15) is 5.56 Å². The third kappa shape index (κ3) is 1.91. The first-order chi connectivity index (χ1) is 7.63. The van der Waals surface area contributed by atoms with E-state index in [2.05, 4.69) is 27.7 Å². The summed E-state index contributed by atoms with van der Waals surface area (Å²) in [5.74, 6) is -0.308. The Morgan fingerprint density at radius 3 is 3.06 bits per heavy atom. The van der Waals surface area contributed by atoms with E-state index in [4.69, 9.17) is 4.74 Å². The molecular weight excluding hydrogens is 319 g/mol. The molecule has 0 saturated heterocycles. The maximum absolute atomic E-state index is 11.8. The van der Waals surface area contributed by atoms with E-state index in [1.807, 2.05) is 25.3 Å². The number of pyridine rings is 1. The van der Waals surface area contributed by atoms with Crippen molar-refractivity contribution in [2.45, 2.75) is 13.8 Å². The minimum Gasteiger partial charge on any atom is -0.462 e. The van der Waals surface area contributed by atoms with Crippen LogP contribution in [0.2, 0.25) is 0 Å². The number of fused-ring (bicyclic) bond motifs is 1. The number of ether oxygens (including phenoxy) is 1. The second-order valence-electron chi connectivity index (χ2n) is 3.36. The monoisotopic (exact) mass is 330 g/mol. The zero-order chi connectivity index (χ0) is 11.7. The second kappa shape index (κ2) is 4.40. The van der Waals surface area contributed by atoms with Gasteiger partial charge in [-0.1, -0.05) is 0 Å². The van der Waals surface area contributed by atoms with Gasteiger partial charge >= 0.3 is 5.97 Å². The van der Waals surface area contributed by atoms with Crippen LogP contribution in [0.15, 0.2) is 18.3 Å². The van der Waals surface area contributed by atoms with Gasteiger partial charge in [-0.15, -0.1) is 0 Å². The Hall–Kier alpha value is -1.11. The van der Waals surface area contributed by atoms with E-state index in [9.17, 15) is 4.79 Å². The molecule has 84 valence electrons. The predicted molar refractivity (Wildman–Crippen MR) is 68.6 cm³/mol. The average molecular weight is 330 g/mol. The highest BCUT2D eigenvalue weighted by atomic mass is 127. The normalized spacial score (nSPS) is 10.7. The topological polar surface area (TPSA) is 43.6 Å². The molecule has 0 atom stereocenters. The van der Waals surface area contributed by atoms with Crippen molar-refractivity contribution in [1.82, 2.24) is 9.61 Å². The van der Waals surface area contributed by atoms with E-state index < -0.39 is 0 Å². The predicted octanol–water partition coefficient (Wildman–Crippen LogP) is 2.42. The molecule has 2 rings (SSSR count). The summed E-state index contributed by atoms with van der Waals surface area (Å²) in [4.78, 5) is 11.8. The van der Waals surface area contributed by atoms with E-state index in [-0.39, 0.29) is 5.97 Å². The number of halogens is 1. The highest BCUT2D eigenvalue weighted by molar-refractivity contribution is 14.1. The zero-order valence-corrected chi connectivity index (χ0v) is 11.2. The fourth-order valence-electron chi connectivity index (χ4n) is 1.59. The summed E-state index contributed by atoms with van der Waals surface area (Å²) in [5, 5.41) is 4.27. The minimum absolute atomic E-state index is 0.308. The third-order valence-corrected chi connectivity index (χ3v) is 2.92. The van der Waals surface area contributed by atoms with Crippen molar-refractivity contribution in [2.24, 2.45) is 0 Å². The number of esters is 1. The minimum atomic E-state index is -0.308. The second-order valence-corrected chi connectivity index (χ2v) is 4.60. The van der Waals surface area contributed by atoms with Gasteiger partial charge in [0.25, 0.3) is 0 Å². The molecule has 0 aliphatic heterocycles. The van der Waals surface area contributed by atoms with Crippen LogP contribution >= 0.6 is 22.6 Å². The standard InChI is InChI=1S/C11H11IN2O2/c1-3-16-11(15)10-7(2)13-14-5-4-8(12)6-9(10)14/h4-6H,3H2,1-2H3. The molecule has 5 heteroatoms. The Bertz CT molecular complexity index is 548. The van der Waals surface area contributed by atoms with Crippen LogP contribution < -0.4 is 0 Å². The van der Waals surface area contributed by atoms with Gasteiger partial charge in [0.05, 0.1) is 17.8 Å². The fourth-order valence-corrected chi connectivity index (χ4v) is 2.05. The fraction of sp³-hybridized carbons (Fsp3) is 0.273. The van der Waals surface area contributed by atoms with Crippen LogP contribution in [0.4, 0.5) is 0 Å². The molecule has 0 radical (unpaired) electrons. The van der Waals surface area contributed by atoms with Gasteiger partial charge in [0.2, 0.25) is 0 Å². The molecule has 2 aromatic rings. The Morgan fingerprint density at radius 1 is 1.62 bits per heavy atom. The highest BCUT2D eigenvalue weighted by Crippen LogP contribution is 2.18. The molecule has 0 unspecified atom stereocenters. The van der Waals surface area contributed by atoms with Crippen molar-refractivity contribution in [3.05, 3.63) is 33.2 Å². The molecule has 0 saturated carbocycles. The summed E-state index contributed by atoms with van der Waals surface area (Å²) in [5.41, 5.74) is 2.05. The number of aromatic nitrogens is 2. The van der Waals surface area contributed by atoms with E-state index in [1.165, 1.54) is 0 Å². The number of nitrogens with zero attached hydrogens (tertiary/aromatic N) is 2. The summed E-state index contributed by atoms with van der Waals surface area (Å²) >= 11 is 2.21. The Morgan fingerprint density at radius 2 is 2.38 bits per heavy atom. The van der Waals surface area contributed by atoms with Gasteiger partial charge in [-0.25, -0.2) is 9.31 Å². The smallest absolute Gasteiger partial charge is 0.342 e. The molecule has 0 aromatic carbocycles. The lowest BCUT2D eigenvalue weighted by molar-refractivity contribution is 0.0528. The molecular formula is C11H11IN2O2. The van der Waals surface area contributed by atoms with Gasteiger partial charge in [-0.2, -0.15) is 5.10 Å². The van der Waals surface area contributed by atoms with Crippen molar-refractivity contribution in [2.75, 3.05) is 6.61 Å². The summed E-state index contributed by atoms with van der Waals surface area (Å²) in [6, 6.07) is 3.86. The molecule has 0 spiro atoms. The van der Waals surface area contributed by atoms with Crippen molar-refractivity contribution in [3.63, 3.8) is 0 Å². The van der Waals surface area contributed by atoms with Crippen molar-refractivity contribution >= 4 is 34.1 Å². The Labute approximate surface area is 107 Å². The number of hydrogen-bond acceptors (Lipinski definition) is 3. The number of rotatable bonds is 2. The summed E-state index contributed by atoms with van der Waals surface area (Å²) in [7, 11) is 0. The van der Waals surface area contributed by atoms with Crippen molar-refractivity contribution in [1.29, 1.82) is 0 Å². The molecule has 16 heavy (non-hydrogen) atoms. The first-order valence-corrected chi connectivity index (χ1v) is 6.03. The Balaban J connectivity index is 2.62. The molecule has 0 N–H and O–H groups in total. The molecule has 2 aromatic heterocycles. The first kappa shape index (κ1) is 11.4. The third-order valence-electron chi connectivity index (χ3n) is 2.25. The van der Waals surface area contributed by atoms with Crippen LogP contribution in [0, 0.1) is 10.5 Å². The lowest BCUT2D eigenvalue weighted by atomic mass is 10.2. The van der Waals surface area contributed by atoms with Crippen LogP contribution in [0.25, 0.3) is 5.52 Å². The highest BCUT2D eigenvalue weighted by Gasteiger charge is 2.17. The first-order valence-electron chi connectivity index (χ1n) is 4.95. The van der Waals surface area contributed by atoms with E-state index in [0.717, 1.165) is 9.09 Å². The SMILES string of the molecule is CCOC(=O)c1c(C)nn2ccc(I)cc12. The molecule has 0 aliphatic rings. The average Bonchev–Trinajstić information content (AvgIpc) is 2.53. The molecule has 2 heterocycles. The maximum atomic E-state index is 11.8. The number of hydrogen-bond donors (Lipinski definition) is 0. The number of aryl methyl sites for hydroxylation is 1. The molecule has 0 fully saturated rings. The zero-order valence-electron chi connectivity index (χ0n) is 9.03. The van der Waals surface area contributed by atoms with E-state index in [0.29, 0.717) is 17.9 Å². The quantitative estimate of drug-likeness (QED) is 0.627. The van der Waals surface area contributed by atoms with Crippen LogP contribution in [0.1, 0.15) is 23.0 Å². The van der Waals surface area contributed by atoms with Crippen molar-refractivity contribution < 1.29 is 9.53 Å². The van der Waals surface area contributed by atoms with Crippen LogP contribution in [0.3, 0.4) is 0 Å². The molecule has 4 nitrogen and oxygen atoms in total. The van der Waals surface area contributed by atoms with Gasteiger partial charge < -0.3 is 4.74 Å². The van der Waals surface area contributed by atoms with E-state index >= 15 is 0 Å². The van der Waals surface area contributed by atoms with Gasteiger partial charge in [0, 0.05) is 9.77 Å². The number of carbonyl (C=O) groups is 1. The van der Waals surface area contributed by atoms with Crippen LogP contribution in [0.5, 0.6) is 0 Å². The van der Waals surface area contributed by atoms with Crippen molar-refractivity contribution in [3.8, 4) is 0 Å². The number of carbonyl (C=O) groups excluding carboxylic acids is 1. The largest absolute Gasteiger partial charge is 0.462 e. The summed E-state index contributed by atoms with van der Waals surface area (Å²) in [6.45, 7) is 3.98. The lowest BCUT2D eigenvalue weighted by Gasteiger charge is -2.00. The maximum Gasteiger partial charge on any atom is 0.342 e. The summed E-state index contributed by atoms with van der Waals surface area (Å²) in [6.07, 6.45) is 1.84. The lowest BCUT2D eigenvalue weighted by Crippen LogP contribution is -2.05.